The Morgan fingerprint density at radius 3 is 2.54 bits per heavy atom. The summed E-state index contributed by atoms with van der Waals surface area (Å²) < 4.78 is 12.8. The van der Waals surface area contributed by atoms with E-state index in [0.717, 1.165) is 16.6 Å². The predicted molar refractivity (Wildman–Crippen MR) is 89.9 cm³/mol. The van der Waals surface area contributed by atoms with Gasteiger partial charge >= 0.3 is 11.8 Å². The molecule has 2 aromatic carbocycles. The average Bonchev–Trinajstić information content (AvgIpc) is 2.93. The number of fused-ring (bicyclic) bond motifs is 1. The fraction of sp³-hybridized carbons (Fsp3) is 0.111. The summed E-state index contributed by atoms with van der Waals surface area (Å²) in [6.45, 7) is 2.10. The first-order valence-electron chi connectivity index (χ1n) is 7.44. The van der Waals surface area contributed by atoms with Crippen molar-refractivity contribution in [2.75, 3.05) is 5.32 Å². The monoisotopic (exact) mass is 325 g/mol. The third kappa shape index (κ3) is 3.60. The maximum atomic E-state index is 12.8. The molecule has 0 aliphatic carbocycles. The Balaban J connectivity index is 1.60. The van der Waals surface area contributed by atoms with Crippen LogP contribution >= 0.6 is 0 Å². The van der Waals surface area contributed by atoms with Crippen molar-refractivity contribution in [2.24, 2.45) is 0 Å². The molecule has 0 bridgehead atoms. The van der Waals surface area contributed by atoms with E-state index in [-0.39, 0.29) is 12.4 Å². The van der Waals surface area contributed by atoms with E-state index in [4.69, 9.17) is 0 Å². The molecular weight excluding hydrogens is 309 g/mol. The Bertz CT molecular complexity index is 900. The zero-order valence-corrected chi connectivity index (χ0v) is 13.0. The van der Waals surface area contributed by atoms with Crippen molar-refractivity contribution in [3.8, 4) is 0 Å². The van der Waals surface area contributed by atoms with Crippen LogP contribution in [-0.2, 0) is 16.1 Å². The van der Waals surface area contributed by atoms with Crippen LogP contribution in [0.4, 0.5) is 10.1 Å². The minimum absolute atomic E-state index is 0.155. The Morgan fingerprint density at radius 1 is 1.04 bits per heavy atom. The Hall–Kier alpha value is -3.15. The summed E-state index contributed by atoms with van der Waals surface area (Å²) in [5.41, 5.74) is 3.24. The highest BCUT2D eigenvalue weighted by atomic mass is 19.1. The standard InChI is InChI=1S/C18H16FN3O2/c1-11-8-13-9-15(6-7-16(13)21-11)22-18(24)17(23)20-10-12-2-4-14(19)5-3-12/h2-9,21H,10H2,1H3,(H,20,23)(H,22,24). The highest BCUT2D eigenvalue weighted by Gasteiger charge is 2.13. The van der Waals surface area contributed by atoms with E-state index in [1.165, 1.54) is 12.1 Å². The van der Waals surface area contributed by atoms with E-state index in [9.17, 15) is 14.0 Å². The van der Waals surface area contributed by atoms with E-state index in [0.29, 0.717) is 11.3 Å². The van der Waals surface area contributed by atoms with Crippen molar-refractivity contribution < 1.29 is 14.0 Å². The number of rotatable bonds is 3. The topological polar surface area (TPSA) is 74.0 Å². The van der Waals surface area contributed by atoms with Gasteiger partial charge < -0.3 is 15.6 Å². The second-order valence-corrected chi connectivity index (χ2v) is 5.52. The zero-order chi connectivity index (χ0) is 17.1. The first-order chi connectivity index (χ1) is 11.5. The van der Waals surface area contributed by atoms with Gasteiger partial charge in [-0.15, -0.1) is 0 Å². The number of hydrogen-bond acceptors (Lipinski definition) is 2. The summed E-state index contributed by atoms with van der Waals surface area (Å²) in [5.74, 6) is -1.84. The van der Waals surface area contributed by atoms with Crippen LogP contribution < -0.4 is 10.6 Å². The number of amides is 2. The maximum absolute atomic E-state index is 12.8. The molecule has 5 nitrogen and oxygen atoms in total. The molecule has 0 aliphatic heterocycles. The van der Waals surface area contributed by atoms with Crippen molar-refractivity contribution in [3.63, 3.8) is 0 Å². The number of aromatic amines is 1. The lowest BCUT2D eigenvalue weighted by Gasteiger charge is -2.07. The van der Waals surface area contributed by atoms with Crippen molar-refractivity contribution in [2.45, 2.75) is 13.5 Å². The van der Waals surface area contributed by atoms with Crippen LogP contribution in [0.15, 0.2) is 48.5 Å². The van der Waals surface area contributed by atoms with Crippen LogP contribution in [0.25, 0.3) is 10.9 Å². The summed E-state index contributed by atoms with van der Waals surface area (Å²) in [7, 11) is 0. The molecule has 3 N–H and O–H groups in total. The summed E-state index contributed by atoms with van der Waals surface area (Å²) in [6.07, 6.45) is 0. The number of carbonyl (C=O) groups excluding carboxylic acids is 2. The van der Waals surface area contributed by atoms with E-state index < -0.39 is 11.8 Å². The molecule has 0 aliphatic rings. The Morgan fingerprint density at radius 2 is 1.79 bits per heavy atom. The zero-order valence-electron chi connectivity index (χ0n) is 13.0. The molecule has 0 saturated carbocycles. The van der Waals surface area contributed by atoms with Crippen LogP contribution in [0.5, 0.6) is 0 Å². The molecule has 0 fully saturated rings. The van der Waals surface area contributed by atoms with Gasteiger partial charge in [0.15, 0.2) is 0 Å². The molecule has 24 heavy (non-hydrogen) atoms. The first kappa shape index (κ1) is 15.7. The third-order valence-corrected chi connectivity index (χ3v) is 3.59. The highest BCUT2D eigenvalue weighted by molar-refractivity contribution is 6.39. The van der Waals surface area contributed by atoms with Crippen LogP contribution in [0.3, 0.4) is 0 Å². The van der Waals surface area contributed by atoms with Gasteiger partial charge in [-0.05, 0) is 48.9 Å². The summed E-state index contributed by atoms with van der Waals surface area (Å²) in [5, 5.41) is 6.02. The van der Waals surface area contributed by atoms with Gasteiger partial charge in [-0.1, -0.05) is 12.1 Å². The van der Waals surface area contributed by atoms with Gasteiger partial charge in [-0.2, -0.15) is 0 Å². The smallest absolute Gasteiger partial charge is 0.313 e. The van der Waals surface area contributed by atoms with E-state index in [1.54, 1.807) is 24.3 Å². The van der Waals surface area contributed by atoms with Gasteiger partial charge in [0.25, 0.3) is 0 Å². The van der Waals surface area contributed by atoms with E-state index >= 15 is 0 Å². The minimum Gasteiger partial charge on any atom is -0.359 e. The number of anilines is 1. The summed E-state index contributed by atoms with van der Waals surface area (Å²) >= 11 is 0. The number of hydrogen-bond donors (Lipinski definition) is 3. The Labute approximate surface area is 137 Å². The molecule has 3 rings (SSSR count). The fourth-order valence-electron chi connectivity index (χ4n) is 2.41. The second-order valence-electron chi connectivity index (χ2n) is 5.52. The van der Waals surface area contributed by atoms with Gasteiger partial charge in [0.05, 0.1) is 0 Å². The Kier molecular flexibility index (Phi) is 4.29. The second kappa shape index (κ2) is 6.54. The van der Waals surface area contributed by atoms with Crippen LogP contribution in [-0.4, -0.2) is 16.8 Å². The largest absolute Gasteiger partial charge is 0.359 e. The normalized spacial score (nSPS) is 10.6. The highest BCUT2D eigenvalue weighted by Crippen LogP contribution is 2.19. The van der Waals surface area contributed by atoms with Gasteiger partial charge in [-0.25, -0.2) is 4.39 Å². The molecule has 3 aromatic rings. The van der Waals surface area contributed by atoms with E-state index in [1.807, 2.05) is 19.1 Å². The molecule has 0 radical (unpaired) electrons. The number of aryl methyl sites for hydroxylation is 1. The minimum atomic E-state index is -0.747. The summed E-state index contributed by atoms with van der Waals surface area (Å²) in [6, 6.07) is 13.0. The maximum Gasteiger partial charge on any atom is 0.313 e. The summed E-state index contributed by atoms with van der Waals surface area (Å²) in [4.78, 5) is 27.0. The molecule has 0 unspecified atom stereocenters. The average molecular weight is 325 g/mol. The third-order valence-electron chi connectivity index (χ3n) is 3.59. The van der Waals surface area contributed by atoms with Gasteiger partial charge in [0, 0.05) is 28.8 Å². The predicted octanol–water partition coefficient (Wildman–Crippen LogP) is 2.87. The quantitative estimate of drug-likeness (QED) is 0.648. The number of aromatic nitrogens is 1. The van der Waals surface area contributed by atoms with Crippen LogP contribution in [0.1, 0.15) is 11.3 Å². The van der Waals surface area contributed by atoms with Gasteiger partial charge in [-0.3, -0.25) is 9.59 Å². The van der Waals surface area contributed by atoms with Crippen LogP contribution in [0, 0.1) is 12.7 Å². The molecule has 1 heterocycles. The molecule has 122 valence electrons. The molecule has 1 aromatic heterocycles. The molecule has 6 heteroatoms. The molecule has 2 amide bonds. The van der Waals surface area contributed by atoms with Crippen molar-refractivity contribution in [3.05, 3.63) is 65.6 Å². The number of H-pyrrole nitrogens is 1. The number of nitrogens with one attached hydrogen (secondary N) is 3. The lowest BCUT2D eigenvalue weighted by molar-refractivity contribution is -0.136. The first-order valence-corrected chi connectivity index (χ1v) is 7.44. The van der Waals surface area contributed by atoms with Gasteiger partial charge in [0.1, 0.15) is 5.82 Å². The molecule has 0 saturated heterocycles. The molecule has 0 atom stereocenters. The molecule has 0 spiro atoms. The number of benzene rings is 2. The molecular formula is C18H16FN3O2. The number of halogens is 1. The SMILES string of the molecule is Cc1cc2cc(NC(=O)C(=O)NCc3ccc(F)cc3)ccc2[nH]1. The van der Waals surface area contributed by atoms with Crippen molar-refractivity contribution in [1.29, 1.82) is 0 Å². The van der Waals surface area contributed by atoms with Crippen molar-refractivity contribution in [1.82, 2.24) is 10.3 Å². The van der Waals surface area contributed by atoms with E-state index in [2.05, 4.69) is 15.6 Å². The van der Waals surface area contributed by atoms with Gasteiger partial charge in [0.2, 0.25) is 0 Å². The van der Waals surface area contributed by atoms with Crippen molar-refractivity contribution >= 4 is 28.4 Å². The van der Waals surface area contributed by atoms with Crippen LogP contribution in [0.2, 0.25) is 0 Å². The fourth-order valence-corrected chi connectivity index (χ4v) is 2.41. The number of carbonyl (C=O) groups is 2. The lowest BCUT2D eigenvalue weighted by Crippen LogP contribution is -2.34. The lowest BCUT2D eigenvalue weighted by atomic mass is 10.2.